The van der Waals surface area contributed by atoms with Crippen LogP contribution in [0.4, 0.5) is 5.69 Å². The molecule has 3 heterocycles. The highest BCUT2D eigenvalue weighted by molar-refractivity contribution is 6.15. The summed E-state index contributed by atoms with van der Waals surface area (Å²) in [6.45, 7) is 0.145. The van der Waals surface area contributed by atoms with Crippen LogP contribution in [0.2, 0.25) is 0 Å². The van der Waals surface area contributed by atoms with Gasteiger partial charge in [0.2, 0.25) is 17.7 Å². The van der Waals surface area contributed by atoms with Crippen molar-refractivity contribution in [3.63, 3.8) is 0 Å². The number of nitrogens with zero attached hydrogens (tertiary/aromatic N) is 1. The van der Waals surface area contributed by atoms with Crippen molar-refractivity contribution in [1.29, 1.82) is 0 Å². The predicted octanol–water partition coefficient (Wildman–Crippen LogP) is 2.32. The first-order chi connectivity index (χ1) is 19.3. The number of aromatic hydroxyl groups is 2. The summed E-state index contributed by atoms with van der Waals surface area (Å²) in [4.78, 5) is 42.8. The van der Waals surface area contributed by atoms with Gasteiger partial charge in [0.05, 0.1) is 26.1 Å². The van der Waals surface area contributed by atoms with Crippen LogP contribution in [0.1, 0.15) is 16.7 Å². The van der Waals surface area contributed by atoms with Crippen molar-refractivity contribution < 1.29 is 34.1 Å². The van der Waals surface area contributed by atoms with E-state index in [1.54, 1.807) is 50.6 Å². The highest BCUT2D eigenvalue weighted by Gasteiger charge is 2.70. The Morgan fingerprint density at radius 3 is 2.38 bits per heavy atom. The van der Waals surface area contributed by atoms with Gasteiger partial charge in [0, 0.05) is 23.8 Å². The number of phenols is 2. The van der Waals surface area contributed by atoms with E-state index >= 15 is 0 Å². The molecule has 10 nitrogen and oxygen atoms in total. The predicted molar refractivity (Wildman–Crippen MR) is 144 cm³/mol. The molecule has 0 radical (unpaired) electrons. The number of benzene rings is 3. The molecule has 0 aliphatic carbocycles. The Morgan fingerprint density at radius 1 is 0.875 bits per heavy atom. The van der Waals surface area contributed by atoms with E-state index in [0.717, 1.165) is 5.56 Å². The van der Waals surface area contributed by atoms with Gasteiger partial charge in [0.15, 0.2) is 23.0 Å². The van der Waals surface area contributed by atoms with E-state index < -0.39 is 29.3 Å². The number of fused-ring (bicyclic) bond motifs is 4. The lowest BCUT2D eigenvalue weighted by molar-refractivity contribution is -0.142. The number of hydrogen-bond donors (Lipinski definition) is 4. The molecular weight excluding hydrogens is 514 g/mol. The summed E-state index contributed by atoms with van der Waals surface area (Å²) in [5, 5.41) is 26.1. The Bertz CT molecular complexity index is 1540. The SMILES string of the molecule is COc1ccc(CCN2C(=O)[C@@H]3[C@@H](C2=O)[C@]2(N[C@@H]3Cc3ccc(O)c(O)c3)C(=O)Nc3ccccc32)cc1OC. The molecule has 10 heteroatoms. The highest BCUT2D eigenvalue weighted by atomic mass is 16.5. The van der Waals surface area contributed by atoms with Gasteiger partial charge in [-0.15, -0.1) is 0 Å². The Balaban J connectivity index is 1.35. The molecule has 3 aromatic carbocycles. The number of ether oxygens (including phenoxy) is 2. The number of hydrogen-bond acceptors (Lipinski definition) is 8. The van der Waals surface area contributed by atoms with Crippen molar-refractivity contribution in [2.24, 2.45) is 11.8 Å². The van der Waals surface area contributed by atoms with Crippen LogP contribution in [0, 0.1) is 11.8 Å². The lowest BCUT2D eigenvalue weighted by atomic mass is 9.76. The fraction of sp³-hybridized carbons (Fsp3) is 0.300. The van der Waals surface area contributed by atoms with Gasteiger partial charge in [-0.3, -0.25) is 24.6 Å². The summed E-state index contributed by atoms with van der Waals surface area (Å²) >= 11 is 0. The van der Waals surface area contributed by atoms with Crippen LogP contribution in [-0.4, -0.2) is 59.6 Å². The molecule has 3 aliphatic heterocycles. The minimum atomic E-state index is -1.41. The number of likely N-dealkylation sites (tertiary alicyclic amines) is 1. The maximum Gasteiger partial charge on any atom is 0.250 e. The average molecular weight is 544 g/mol. The van der Waals surface area contributed by atoms with Gasteiger partial charge in [-0.1, -0.05) is 30.3 Å². The van der Waals surface area contributed by atoms with Gasteiger partial charge in [0.1, 0.15) is 5.54 Å². The van der Waals surface area contributed by atoms with Crippen molar-refractivity contribution in [3.05, 3.63) is 77.4 Å². The van der Waals surface area contributed by atoms with Crippen LogP contribution in [0.25, 0.3) is 0 Å². The van der Waals surface area contributed by atoms with Crippen molar-refractivity contribution in [3.8, 4) is 23.0 Å². The second-order valence-corrected chi connectivity index (χ2v) is 10.4. The van der Waals surface area contributed by atoms with E-state index in [-0.39, 0.29) is 36.3 Å². The van der Waals surface area contributed by atoms with E-state index in [1.807, 2.05) is 12.1 Å². The van der Waals surface area contributed by atoms with Gasteiger partial charge in [0.25, 0.3) is 0 Å². The highest BCUT2D eigenvalue weighted by Crippen LogP contribution is 2.53. The van der Waals surface area contributed by atoms with Crippen molar-refractivity contribution in [1.82, 2.24) is 10.2 Å². The monoisotopic (exact) mass is 543 g/mol. The number of para-hydroxylation sites is 1. The lowest BCUT2D eigenvalue weighted by Gasteiger charge is -2.29. The molecule has 40 heavy (non-hydrogen) atoms. The fourth-order valence-electron chi connectivity index (χ4n) is 6.44. The quantitative estimate of drug-likeness (QED) is 0.263. The number of carbonyl (C=O) groups excluding carboxylic acids is 3. The van der Waals surface area contributed by atoms with E-state index in [2.05, 4.69) is 10.6 Å². The normalized spacial score (nSPS) is 24.8. The summed E-state index contributed by atoms with van der Waals surface area (Å²) in [7, 11) is 3.09. The van der Waals surface area contributed by atoms with Crippen molar-refractivity contribution >= 4 is 23.4 Å². The molecule has 0 aromatic heterocycles. The van der Waals surface area contributed by atoms with E-state index in [4.69, 9.17) is 9.47 Å². The number of methoxy groups -OCH3 is 2. The third-order valence-corrected chi connectivity index (χ3v) is 8.28. The van der Waals surface area contributed by atoms with Crippen LogP contribution in [0.3, 0.4) is 0 Å². The molecule has 206 valence electrons. The van der Waals surface area contributed by atoms with E-state index in [9.17, 15) is 24.6 Å². The Hall–Kier alpha value is -4.57. The Labute approximate surface area is 230 Å². The molecular formula is C30H29N3O7. The van der Waals surface area contributed by atoms with Gasteiger partial charge in [-0.2, -0.15) is 0 Å². The summed E-state index contributed by atoms with van der Waals surface area (Å²) < 4.78 is 10.7. The number of rotatable bonds is 7. The molecule has 3 aromatic rings. The standard InChI is InChI=1S/C30H29N3O7/c1-39-23-10-8-16(15-24(23)40-2)11-12-33-27(36)25-20(13-17-7-9-21(34)22(35)14-17)32-30(26(25)28(33)37)18-5-3-4-6-19(18)31-29(30)38/h3-10,14-15,20,25-26,32,34-35H,11-13H2,1-2H3,(H,31,38)/t20-,25+,26+,30+/m1/s1. The number of amides is 3. The first-order valence-electron chi connectivity index (χ1n) is 13.0. The molecule has 2 saturated heterocycles. The molecule has 3 amide bonds. The van der Waals surface area contributed by atoms with Gasteiger partial charge in [-0.25, -0.2) is 0 Å². The van der Waals surface area contributed by atoms with E-state index in [1.165, 1.54) is 17.0 Å². The molecule has 2 fully saturated rings. The third-order valence-electron chi connectivity index (χ3n) is 8.28. The second kappa shape index (κ2) is 9.56. The maximum atomic E-state index is 14.0. The zero-order valence-electron chi connectivity index (χ0n) is 22.0. The largest absolute Gasteiger partial charge is 0.504 e. The molecule has 0 saturated carbocycles. The minimum absolute atomic E-state index is 0.145. The number of imide groups is 1. The zero-order chi connectivity index (χ0) is 28.2. The minimum Gasteiger partial charge on any atom is -0.504 e. The molecule has 4 atom stereocenters. The number of anilines is 1. The lowest BCUT2D eigenvalue weighted by Crippen LogP contribution is -2.53. The summed E-state index contributed by atoms with van der Waals surface area (Å²) in [5.74, 6) is -2.26. The zero-order valence-corrected chi connectivity index (χ0v) is 22.0. The van der Waals surface area contributed by atoms with Crippen LogP contribution in [0.5, 0.6) is 23.0 Å². The number of nitrogens with one attached hydrogen (secondary N) is 2. The van der Waals surface area contributed by atoms with Crippen LogP contribution in [0.15, 0.2) is 60.7 Å². The Morgan fingerprint density at radius 2 is 1.62 bits per heavy atom. The fourth-order valence-corrected chi connectivity index (χ4v) is 6.44. The molecule has 3 aliphatic rings. The second-order valence-electron chi connectivity index (χ2n) is 10.4. The molecule has 0 bridgehead atoms. The summed E-state index contributed by atoms with van der Waals surface area (Å²) in [6.07, 6.45) is 0.658. The van der Waals surface area contributed by atoms with Crippen LogP contribution < -0.4 is 20.1 Å². The molecule has 0 unspecified atom stereocenters. The number of phenolic OH excluding ortho intramolecular Hbond substituents is 2. The van der Waals surface area contributed by atoms with Crippen LogP contribution >= 0.6 is 0 Å². The van der Waals surface area contributed by atoms with Gasteiger partial charge in [-0.05, 0) is 54.3 Å². The first-order valence-corrected chi connectivity index (χ1v) is 13.0. The Kier molecular flexibility index (Phi) is 6.14. The third kappa shape index (κ3) is 3.78. The maximum absolute atomic E-state index is 14.0. The summed E-state index contributed by atoms with van der Waals surface area (Å²) in [5.41, 5.74) is 1.34. The van der Waals surface area contributed by atoms with Gasteiger partial charge < -0.3 is 25.0 Å². The number of carbonyl (C=O) groups is 3. The van der Waals surface area contributed by atoms with E-state index in [0.29, 0.717) is 34.7 Å². The summed E-state index contributed by atoms with van der Waals surface area (Å²) in [6, 6.07) is 16.5. The van der Waals surface area contributed by atoms with Crippen molar-refractivity contribution in [2.45, 2.75) is 24.4 Å². The van der Waals surface area contributed by atoms with Crippen molar-refractivity contribution in [2.75, 3.05) is 26.1 Å². The molecule has 1 spiro atoms. The topological polar surface area (TPSA) is 137 Å². The molecule has 4 N–H and O–H groups in total. The van der Waals surface area contributed by atoms with Crippen LogP contribution in [-0.2, 0) is 32.8 Å². The smallest absolute Gasteiger partial charge is 0.250 e. The first kappa shape index (κ1) is 25.7. The molecule has 6 rings (SSSR count). The average Bonchev–Trinajstić information content (AvgIpc) is 3.53. The van der Waals surface area contributed by atoms with Gasteiger partial charge >= 0.3 is 0 Å².